The van der Waals surface area contributed by atoms with Crippen molar-refractivity contribution >= 4 is 41.0 Å². The van der Waals surface area contributed by atoms with Gasteiger partial charge in [-0.3, -0.25) is 0 Å². The van der Waals surface area contributed by atoms with Crippen LogP contribution in [0.4, 0.5) is 0 Å². The van der Waals surface area contributed by atoms with Crippen LogP contribution >= 0.6 is 14.5 Å². The first-order valence-corrected chi connectivity index (χ1v) is 24.3. The van der Waals surface area contributed by atoms with Gasteiger partial charge in [-0.15, -0.1) is 0 Å². The molecule has 7 aromatic rings. The molecular formula is C56H50Br2FeP2. The molecule has 0 heterocycles. The fourth-order valence-corrected chi connectivity index (χ4v) is 17.9. The predicted octanol–water partition coefficient (Wildman–Crippen LogP) is 5.59. The van der Waals surface area contributed by atoms with Gasteiger partial charge in [0.1, 0.15) is 23.2 Å². The van der Waals surface area contributed by atoms with Gasteiger partial charge in [0.15, 0.2) is 0 Å². The summed E-state index contributed by atoms with van der Waals surface area (Å²) in [6.45, 7) is 2.51. The van der Waals surface area contributed by atoms with Gasteiger partial charge in [-0.1, -0.05) is 152 Å². The zero-order valence-corrected chi connectivity index (χ0v) is 40.3. The summed E-state index contributed by atoms with van der Waals surface area (Å²) in [7, 11) is -4.27. The van der Waals surface area contributed by atoms with Crippen molar-refractivity contribution in [1.82, 2.24) is 0 Å². The third-order valence-corrected chi connectivity index (χ3v) is 20.8. The fraction of sp³-hybridized carbons (Fsp3) is 0.0714. The fourth-order valence-electron chi connectivity index (χ4n) is 8.73. The molecule has 1 atom stereocenters. The molecule has 2 fully saturated rings. The molecule has 2 saturated carbocycles. The van der Waals surface area contributed by atoms with Crippen LogP contribution in [0.25, 0.3) is 0 Å². The maximum absolute atomic E-state index is 2.51. The van der Waals surface area contributed by atoms with E-state index in [2.05, 4.69) is 232 Å². The Morgan fingerprint density at radius 3 is 1.18 bits per heavy atom. The Kier molecular flexibility index (Phi) is 19.3. The standard InChI is InChI=1S/C51H45P2.C5H5.2BrH.Fe/c1-41(52(44-27-12-4-13-28-44,45-29-14-5-15-30-45)39-42-23-8-2-9-24-42)48-36-22-37-49(48)50-35-20-21-38-51(50)53(46-31-16-6-17-32-46,47-33-18-7-19-34-47)40-43-25-10-3-11-26-43;1-2-4-5-3-1;;;/h2-38,41H,39-40H2,1H3;1-5H;2*1H;/q+2;;;;/p-2/t41-;;;;/m1..../s1. The third kappa shape index (κ3) is 11.0. The topological polar surface area (TPSA) is 0 Å². The minimum Gasteiger partial charge on any atom is -1.00 e. The number of hydrogen-bond acceptors (Lipinski definition) is 0. The Bertz CT molecular complexity index is 2190. The van der Waals surface area contributed by atoms with E-state index in [0.717, 1.165) is 12.3 Å². The van der Waals surface area contributed by atoms with Gasteiger partial charge in [0.2, 0.25) is 0 Å². The van der Waals surface area contributed by atoms with E-state index in [1.165, 1.54) is 55.0 Å². The zero-order valence-electron chi connectivity index (χ0n) is 34.2. The molecule has 0 spiro atoms. The summed E-state index contributed by atoms with van der Waals surface area (Å²) >= 11 is 0. The number of benzene rings is 7. The van der Waals surface area contributed by atoms with Gasteiger partial charge in [0, 0.05) is 34.5 Å². The number of hydrogen-bond donors (Lipinski definition) is 0. The monoisotopic (exact) mass is 998 g/mol. The Labute approximate surface area is 400 Å². The molecule has 0 bridgehead atoms. The first-order valence-electron chi connectivity index (χ1n) is 20.3. The molecule has 0 N–H and O–H groups in total. The molecule has 2 aliphatic carbocycles. The quantitative estimate of drug-likeness (QED) is 0.111. The van der Waals surface area contributed by atoms with Crippen LogP contribution in [0.2, 0.25) is 0 Å². The SMILES string of the molecule is C[C@H]([C]1[CH][CH][CH][C]1c1ccccc1[P+](Cc1ccccc1)(c1ccccc1)c1ccccc1)[P+](Cc1ccccc1)(c1ccccc1)c1ccccc1.[Br-].[Br-].[CH]1[CH][CH][CH][CH]1.[Fe]. The van der Waals surface area contributed by atoms with Crippen LogP contribution in [0.15, 0.2) is 206 Å². The van der Waals surface area contributed by atoms with E-state index in [-0.39, 0.29) is 56.7 Å². The van der Waals surface area contributed by atoms with Gasteiger partial charge in [-0.05, 0) is 124 Å². The first kappa shape index (κ1) is 48.9. The van der Waals surface area contributed by atoms with Gasteiger partial charge < -0.3 is 34.0 Å². The van der Waals surface area contributed by atoms with Gasteiger partial charge in [0.25, 0.3) is 0 Å². The van der Waals surface area contributed by atoms with Crippen molar-refractivity contribution in [3.05, 3.63) is 286 Å². The van der Waals surface area contributed by atoms with Crippen molar-refractivity contribution in [1.29, 1.82) is 0 Å². The smallest absolute Gasteiger partial charge is 0.116 e. The van der Waals surface area contributed by atoms with Gasteiger partial charge in [0.05, 0.1) is 35.9 Å². The summed E-state index contributed by atoms with van der Waals surface area (Å²) in [4.78, 5) is 0. The summed E-state index contributed by atoms with van der Waals surface area (Å²) in [5.41, 5.74) is 4.34. The molecule has 0 aliphatic heterocycles. The molecule has 2 aliphatic rings. The Morgan fingerprint density at radius 2 is 0.738 bits per heavy atom. The second kappa shape index (κ2) is 24.1. The van der Waals surface area contributed by atoms with Gasteiger partial charge >= 0.3 is 0 Å². The van der Waals surface area contributed by atoms with Gasteiger partial charge in [-0.25, -0.2) is 0 Å². The molecule has 306 valence electrons. The van der Waals surface area contributed by atoms with Crippen LogP contribution in [0.1, 0.15) is 23.6 Å². The van der Waals surface area contributed by atoms with Crippen molar-refractivity contribution in [2.75, 3.05) is 0 Å². The van der Waals surface area contributed by atoms with E-state index in [4.69, 9.17) is 0 Å². The molecule has 0 nitrogen and oxygen atoms in total. The maximum Gasteiger partial charge on any atom is 0.116 e. The van der Waals surface area contributed by atoms with Crippen LogP contribution in [0.3, 0.4) is 0 Å². The van der Waals surface area contributed by atoms with Gasteiger partial charge in [-0.2, -0.15) is 0 Å². The molecule has 5 heteroatoms. The summed E-state index contributed by atoms with van der Waals surface area (Å²) in [5, 5.41) is 7.14. The summed E-state index contributed by atoms with van der Waals surface area (Å²) in [6.07, 6.45) is 19.1. The van der Waals surface area contributed by atoms with Crippen molar-refractivity contribution in [3.63, 3.8) is 0 Å². The summed E-state index contributed by atoms with van der Waals surface area (Å²) in [5.74, 6) is 2.77. The summed E-state index contributed by atoms with van der Waals surface area (Å²) in [6, 6.07) is 77.1. The van der Waals surface area contributed by atoms with Crippen LogP contribution in [-0.2, 0) is 29.4 Å². The minimum absolute atomic E-state index is 0. The molecular weight excluding hydrogens is 950 g/mol. The average molecular weight is 1000 g/mol. The molecule has 9 rings (SSSR count). The van der Waals surface area contributed by atoms with E-state index >= 15 is 0 Å². The Hall–Kier alpha value is -3.12. The largest absolute Gasteiger partial charge is 1.00 e. The molecule has 0 unspecified atom stereocenters. The van der Waals surface area contributed by atoms with Crippen molar-refractivity contribution < 1.29 is 51.0 Å². The van der Waals surface area contributed by atoms with Crippen LogP contribution in [0.5, 0.6) is 0 Å². The van der Waals surface area contributed by atoms with E-state index < -0.39 is 14.5 Å². The van der Waals surface area contributed by atoms with Crippen LogP contribution < -0.4 is 60.5 Å². The van der Waals surface area contributed by atoms with Crippen LogP contribution in [-0.4, -0.2) is 5.66 Å². The molecule has 0 aromatic heterocycles. The maximum atomic E-state index is 2.51. The van der Waals surface area contributed by atoms with E-state index in [0.29, 0.717) is 0 Å². The molecule has 0 amide bonds. The molecule has 10 radical (unpaired) electrons. The molecule has 7 aromatic carbocycles. The average Bonchev–Trinajstić information content (AvgIpc) is 4.06. The normalized spacial score (nSPS) is 14.6. The zero-order chi connectivity index (χ0) is 39.5. The predicted molar refractivity (Wildman–Crippen MR) is 254 cm³/mol. The molecule has 61 heavy (non-hydrogen) atoms. The number of halogens is 2. The van der Waals surface area contributed by atoms with Crippen molar-refractivity contribution in [3.8, 4) is 0 Å². The third-order valence-electron chi connectivity index (χ3n) is 11.5. The Balaban J connectivity index is 0.000000822. The summed E-state index contributed by atoms with van der Waals surface area (Å²) < 4.78 is 0. The second-order valence-corrected chi connectivity index (χ2v) is 22.2. The van der Waals surface area contributed by atoms with E-state index in [1.54, 1.807) is 0 Å². The second-order valence-electron chi connectivity index (χ2n) is 14.9. The minimum atomic E-state index is -2.21. The molecule has 0 saturated heterocycles. The van der Waals surface area contributed by atoms with E-state index in [9.17, 15) is 0 Å². The van der Waals surface area contributed by atoms with Crippen LogP contribution in [0, 0.1) is 63.2 Å². The number of rotatable bonds is 12. The van der Waals surface area contributed by atoms with Crippen molar-refractivity contribution in [2.45, 2.75) is 24.9 Å². The van der Waals surface area contributed by atoms with E-state index in [1.807, 2.05) is 32.1 Å². The first-order chi connectivity index (χ1) is 28.7. The Morgan fingerprint density at radius 1 is 0.377 bits per heavy atom. The van der Waals surface area contributed by atoms with Crippen molar-refractivity contribution in [2.24, 2.45) is 0 Å².